The molecule has 0 saturated carbocycles. The van der Waals surface area contributed by atoms with Gasteiger partial charge in [-0.3, -0.25) is 4.79 Å². The van der Waals surface area contributed by atoms with Gasteiger partial charge >= 0.3 is 5.97 Å². The number of fused-ring (bicyclic) bond motifs is 3. The molecule has 3 rings (SSSR count). The number of hydrogen-bond donors (Lipinski definition) is 1. The molecule has 94 valence electrons. The summed E-state index contributed by atoms with van der Waals surface area (Å²) in [4.78, 5) is 15.2. The van der Waals surface area contributed by atoms with Crippen molar-refractivity contribution in [3.05, 3.63) is 24.0 Å². The molecule has 0 bridgehead atoms. The van der Waals surface area contributed by atoms with Gasteiger partial charge in [-0.2, -0.15) is 0 Å². The maximum Gasteiger partial charge on any atom is 0.304 e. The topological polar surface area (TPSA) is 55.1 Å². The van der Waals surface area contributed by atoms with E-state index in [4.69, 9.17) is 5.11 Å². The molecule has 3 heterocycles. The van der Waals surface area contributed by atoms with E-state index in [2.05, 4.69) is 15.6 Å². The molecule has 5 heteroatoms. The number of aliphatic carboxylic acids is 1. The number of aryl methyl sites for hydroxylation is 1. The van der Waals surface area contributed by atoms with E-state index >= 15 is 0 Å². The number of thioether (sulfide) groups is 1. The average molecular weight is 262 g/mol. The Hall–Kier alpha value is -1.49. The lowest BCUT2D eigenvalue weighted by molar-refractivity contribution is -0.137. The van der Waals surface area contributed by atoms with E-state index in [1.165, 1.54) is 5.52 Å². The van der Waals surface area contributed by atoms with Crippen LogP contribution in [0.5, 0.6) is 0 Å². The molecule has 1 N–H and O–H groups in total. The Kier molecular flexibility index (Phi) is 2.78. The summed E-state index contributed by atoms with van der Waals surface area (Å²) >= 11 is 1.63. The van der Waals surface area contributed by atoms with Gasteiger partial charge in [-0.05, 0) is 24.8 Å². The van der Waals surface area contributed by atoms with Gasteiger partial charge in [0.05, 0.1) is 11.9 Å². The summed E-state index contributed by atoms with van der Waals surface area (Å²) in [6.07, 6.45) is 4.98. The highest BCUT2D eigenvalue weighted by molar-refractivity contribution is 7.98. The molecule has 0 spiro atoms. The molecule has 2 aromatic heterocycles. The number of carbonyl (C=O) groups is 1. The molecule has 1 aliphatic rings. The van der Waals surface area contributed by atoms with Crippen LogP contribution >= 0.6 is 11.8 Å². The highest BCUT2D eigenvalue weighted by Gasteiger charge is 2.27. The van der Waals surface area contributed by atoms with Crippen LogP contribution in [0.1, 0.15) is 24.5 Å². The SMILES string of the molecule is CSc1nccc2c1cc1n2CCC1CC(=O)O. The van der Waals surface area contributed by atoms with Gasteiger partial charge in [0, 0.05) is 29.7 Å². The van der Waals surface area contributed by atoms with Crippen LogP contribution in [0.15, 0.2) is 23.4 Å². The van der Waals surface area contributed by atoms with Gasteiger partial charge < -0.3 is 9.67 Å². The third-order valence-electron chi connectivity index (χ3n) is 3.56. The molecule has 0 radical (unpaired) electrons. The van der Waals surface area contributed by atoms with E-state index in [9.17, 15) is 4.79 Å². The van der Waals surface area contributed by atoms with Crippen LogP contribution in [0.25, 0.3) is 10.9 Å². The van der Waals surface area contributed by atoms with Crippen molar-refractivity contribution >= 4 is 28.6 Å². The van der Waals surface area contributed by atoms with Gasteiger partial charge in [0.1, 0.15) is 5.03 Å². The average Bonchev–Trinajstić information content (AvgIpc) is 2.88. The lowest BCUT2D eigenvalue weighted by Crippen LogP contribution is -2.02. The van der Waals surface area contributed by atoms with Gasteiger partial charge in [-0.1, -0.05) is 0 Å². The molecule has 0 saturated heterocycles. The van der Waals surface area contributed by atoms with Crippen molar-refractivity contribution in [2.45, 2.75) is 30.3 Å². The summed E-state index contributed by atoms with van der Waals surface area (Å²) in [7, 11) is 0. The Bertz CT molecular complexity index is 621. The first-order valence-electron chi connectivity index (χ1n) is 5.94. The van der Waals surface area contributed by atoms with Gasteiger partial charge in [0.25, 0.3) is 0 Å². The second kappa shape index (κ2) is 4.31. The standard InChI is InChI=1S/C13H14N2O2S/c1-18-13-9-7-11-8(6-12(16)17)3-5-15(11)10(9)2-4-14-13/h2,4,7-8H,3,5-6H2,1H3,(H,16,17). The fraction of sp³-hybridized carbons (Fsp3) is 0.385. The highest BCUT2D eigenvalue weighted by Crippen LogP contribution is 2.38. The summed E-state index contributed by atoms with van der Waals surface area (Å²) < 4.78 is 2.24. The second-order valence-corrected chi connectivity index (χ2v) is 5.35. The molecular formula is C13H14N2O2S. The zero-order valence-corrected chi connectivity index (χ0v) is 10.9. The molecule has 0 aromatic carbocycles. The molecule has 1 unspecified atom stereocenters. The summed E-state index contributed by atoms with van der Waals surface area (Å²) in [5.41, 5.74) is 2.33. The maximum absolute atomic E-state index is 10.9. The lowest BCUT2D eigenvalue weighted by atomic mass is 10.0. The van der Waals surface area contributed by atoms with E-state index in [1.807, 2.05) is 18.5 Å². The second-order valence-electron chi connectivity index (χ2n) is 4.56. The smallest absolute Gasteiger partial charge is 0.304 e. The molecule has 18 heavy (non-hydrogen) atoms. The van der Waals surface area contributed by atoms with Crippen LogP contribution in [0.3, 0.4) is 0 Å². The Balaban J connectivity index is 2.12. The first kappa shape index (κ1) is 11.6. The van der Waals surface area contributed by atoms with Crippen LogP contribution in [0.2, 0.25) is 0 Å². The molecule has 2 aromatic rings. The molecule has 0 amide bonds. The van der Waals surface area contributed by atoms with Crippen LogP contribution in [-0.2, 0) is 11.3 Å². The first-order chi connectivity index (χ1) is 8.70. The van der Waals surface area contributed by atoms with Gasteiger partial charge in [-0.15, -0.1) is 11.8 Å². The lowest BCUT2D eigenvalue weighted by Gasteiger charge is -2.04. The minimum absolute atomic E-state index is 0.143. The van der Waals surface area contributed by atoms with E-state index in [1.54, 1.807) is 11.8 Å². The van der Waals surface area contributed by atoms with Gasteiger partial charge in [0.2, 0.25) is 0 Å². The number of aromatic nitrogens is 2. The van der Waals surface area contributed by atoms with Crippen molar-refractivity contribution in [1.82, 2.24) is 9.55 Å². The van der Waals surface area contributed by atoms with Crippen molar-refractivity contribution < 1.29 is 9.90 Å². The fourth-order valence-corrected chi connectivity index (χ4v) is 3.33. The van der Waals surface area contributed by atoms with E-state index < -0.39 is 5.97 Å². The zero-order chi connectivity index (χ0) is 12.7. The van der Waals surface area contributed by atoms with Crippen LogP contribution in [0.4, 0.5) is 0 Å². The maximum atomic E-state index is 10.9. The summed E-state index contributed by atoms with van der Waals surface area (Å²) in [6, 6.07) is 4.14. The highest BCUT2D eigenvalue weighted by atomic mass is 32.2. The Morgan fingerprint density at radius 1 is 1.67 bits per heavy atom. The van der Waals surface area contributed by atoms with Gasteiger partial charge in [-0.25, -0.2) is 4.98 Å². The quantitative estimate of drug-likeness (QED) is 0.864. The number of carboxylic acid groups (broad SMARTS) is 1. The van der Waals surface area contributed by atoms with Crippen LogP contribution < -0.4 is 0 Å². The molecule has 1 aliphatic heterocycles. The number of hydrogen-bond acceptors (Lipinski definition) is 3. The minimum Gasteiger partial charge on any atom is -0.481 e. The molecule has 0 aliphatic carbocycles. The molecular weight excluding hydrogens is 248 g/mol. The fourth-order valence-electron chi connectivity index (χ4n) is 2.78. The molecule has 1 atom stereocenters. The largest absolute Gasteiger partial charge is 0.481 e. The minimum atomic E-state index is -0.720. The van der Waals surface area contributed by atoms with Crippen LogP contribution in [-0.4, -0.2) is 26.9 Å². The van der Waals surface area contributed by atoms with Crippen molar-refractivity contribution in [2.75, 3.05) is 6.26 Å². The summed E-state index contributed by atoms with van der Waals surface area (Å²) in [5, 5.41) is 11.1. The third kappa shape index (κ3) is 1.70. The Labute approximate surface area is 109 Å². The van der Waals surface area contributed by atoms with E-state index in [0.717, 1.165) is 29.1 Å². The third-order valence-corrected chi connectivity index (χ3v) is 4.27. The Morgan fingerprint density at radius 2 is 2.50 bits per heavy atom. The van der Waals surface area contributed by atoms with Crippen molar-refractivity contribution in [3.63, 3.8) is 0 Å². The molecule has 4 nitrogen and oxygen atoms in total. The predicted octanol–water partition coefficient (Wildman–Crippen LogP) is 2.72. The summed E-state index contributed by atoms with van der Waals surface area (Å²) in [5.74, 6) is -0.577. The van der Waals surface area contributed by atoms with E-state index in [-0.39, 0.29) is 12.3 Å². The number of rotatable bonds is 3. The van der Waals surface area contributed by atoms with Gasteiger partial charge in [0.15, 0.2) is 0 Å². The monoisotopic (exact) mass is 262 g/mol. The number of pyridine rings is 1. The summed E-state index contributed by atoms with van der Waals surface area (Å²) in [6.45, 7) is 0.911. The first-order valence-corrected chi connectivity index (χ1v) is 7.17. The van der Waals surface area contributed by atoms with Crippen molar-refractivity contribution in [2.24, 2.45) is 0 Å². The van der Waals surface area contributed by atoms with E-state index in [0.29, 0.717) is 0 Å². The van der Waals surface area contributed by atoms with Crippen LogP contribution in [0, 0.1) is 0 Å². The normalized spacial score (nSPS) is 18.2. The number of nitrogens with zero attached hydrogens (tertiary/aromatic N) is 2. The van der Waals surface area contributed by atoms with Crippen molar-refractivity contribution in [1.29, 1.82) is 0 Å². The number of carboxylic acids is 1. The Morgan fingerprint density at radius 3 is 3.22 bits per heavy atom. The predicted molar refractivity (Wildman–Crippen MR) is 71.1 cm³/mol. The van der Waals surface area contributed by atoms with Crippen molar-refractivity contribution in [3.8, 4) is 0 Å². The zero-order valence-electron chi connectivity index (χ0n) is 10.1. The molecule has 0 fully saturated rings.